The van der Waals surface area contributed by atoms with Crippen LogP contribution in [0.4, 0.5) is 4.39 Å². The molecule has 39 heavy (non-hydrogen) atoms. The summed E-state index contributed by atoms with van der Waals surface area (Å²) in [6.45, 7) is 5.50. The van der Waals surface area contributed by atoms with Gasteiger partial charge in [-0.25, -0.2) is 4.39 Å². The maximum absolute atomic E-state index is 14.2. The van der Waals surface area contributed by atoms with Gasteiger partial charge in [0.25, 0.3) is 0 Å². The minimum atomic E-state index is -0.222. The highest BCUT2D eigenvalue weighted by Gasteiger charge is 2.16. The van der Waals surface area contributed by atoms with E-state index in [1.54, 1.807) is 12.1 Å². The Morgan fingerprint density at radius 3 is 2.56 bits per heavy atom. The Balaban J connectivity index is 1.41. The fourth-order valence-corrected chi connectivity index (χ4v) is 5.53. The van der Waals surface area contributed by atoms with E-state index < -0.39 is 0 Å². The van der Waals surface area contributed by atoms with Crippen LogP contribution in [0.2, 0.25) is 0 Å². The number of aryl methyl sites for hydroxylation is 1. The maximum atomic E-state index is 14.2. The Morgan fingerprint density at radius 2 is 1.72 bits per heavy atom. The summed E-state index contributed by atoms with van der Waals surface area (Å²) in [4.78, 5) is 4.76. The topological polar surface area (TPSA) is 38.5 Å². The number of rotatable bonds is 2. The molecule has 3 heterocycles. The number of fused-ring (bicyclic) bond motifs is 8. The van der Waals surface area contributed by atoms with E-state index >= 15 is 0 Å². The zero-order valence-corrected chi connectivity index (χ0v) is 22.6. The predicted molar refractivity (Wildman–Crippen MR) is 153 cm³/mol. The lowest BCUT2D eigenvalue weighted by molar-refractivity contribution is 0.232. The lowest BCUT2D eigenvalue weighted by Crippen LogP contribution is -2.27. The van der Waals surface area contributed by atoms with Crippen molar-refractivity contribution < 1.29 is 9.13 Å². The zero-order chi connectivity index (χ0) is 26.8. The molecular formula is C32H34FN5O. The molecule has 0 amide bonds. The van der Waals surface area contributed by atoms with Gasteiger partial charge in [-0.1, -0.05) is 36.4 Å². The third kappa shape index (κ3) is 5.90. The Morgan fingerprint density at radius 1 is 0.872 bits per heavy atom. The first kappa shape index (κ1) is 25.3. The lowest BCUT2D eigenvalue weighted by Gasteiger charge is -2.24. The Bertz CT molecular complexity index is 1590. The Labute approximate surface area is 228 Å². The van der Waals surface area contributed by atoms with Gasteiger partial charge >= 0.3 is 0 Å². The number of hydrogen-bond acceptors (Lipinski definition) is 4. The van der Waals surface area contributed by atoms with Crippen molar-refractivity contribution in [1.29, 1.82) is 0 Å². The molecule has 4 bridgehead atoms. The summed E-state index contributed by atoms with van der Waals surface area (Å²) in [5.41, 5.74) is 6.92. The van der Waals surface area contributed by atoms with Crippen LogP contribution in [0.25, 0.3) is 22.2 Å². The quantitative estimate of drug-likeness (QED) is 0.297. The fourth-order valence-electron chi connectivity index (χ4n) is 5.53. The van der Waals surface area contributed by atoms with Crippen molar-refractivity contribution in [2.24, 2.45) is 7.05 Å². The molecule has 0 atom stereocenters. The van der Waals surface area contributed by atoms with E-state index in [1.807, 2.05) is 36.1 Å². The van der Waals surface area contributed by atoms with Crippen molar-refractivity contribution in [1.82, 2.24) is 24.1 Å². The van der Waals surface area contributed by atoms with Gasteiger partial charge in [0.15, 0.2) is 0 Å². The van der Waals surface area contributed by atoms with Gasteiger partial charge in [0.05, 0.1) is 6.20 Å². The molecule has 0 saturated carbocycles. The summed E-state index contributed by atoms with van der Waals surface area (Å²) < 4.78 is 24.5. The van der Waals surface area contributed by atoms with E-state index in [1.165, 1.54) is 16.7 Å². The van der Waals surface area contributed by atoms with E-state index in [0.717, 1.165) is 67.2 Å². The highest BCUT2D eigenvalue weighted by Crippen LogP contribution is 2.31. The first-order valence-electron chi connectivity index (χ1n) is 13.5. The van der Waals surface area contributed by atoms with Gasteiger partial charge in [0.2, 0.25) is 0 Å². The molecule has 6 nitrogen and oxygen atoms in total. The van der Waals surface area contributed by atoms with Gasteiger partial charge < -0.3 is 9.30 Å². The highest BCUT2D eigenvalue weighted by atomic mass is 19.1. The number of benzene rings is 3. The van der Waals surface area contributed by atoms with Gasteiger partial charge in [-0.15, -0.1) is 0 Å². The van der Waals surface area contributed by atoms with Crippen molar-refractivity contribution in [3.05, 3.63) is 108 Å². The molecule has 0 saturated heterocycles. The Hall–Kier alpha value is -3.94. The SMILES string of the molecule is CN1CCOc2cccc(c2)-c2cc3cc(F)ccc3n2CCN(Cc2cnn(C)c2)Cc2cccc(c2)C1. The first-order valence-corrected chi connectivity index (χ1v) is 13.5. The summed E-state index contributed by atoms with van der Waals surface area (Å²) in [5, 5.41) is 5.29. The van der Waals surface area contributed by atoms with Crippen molar-refractivity contribution in [2.45, 2.75) is 26.2 Å². The molecule has 0 fully saturated rings. The van der Waals surface area contributed by atoms with E-state index in [9.17, 15) is 4.39 Å². The molecule has 0 radical (unpaired) electrons. The molecule has 7 heteroatoms. The summed E-state index contributed by atoms with van der Waals surface area (Å²) in [7, 11) is 4.09. The molecule has 0 N–H and O–H groups in total. The van der Waals surface area contributed by atoms with Crippen LogP contribution in [-0.4, -0.2) is 50.9 Å². The summed E-state index contributed by atoms with van der Waals surface area (Å²) >= 11 is 0. The minimum Gasteiger partial charge on any atom is -0.492 e. The van der Waals surface area contributed by atoms with E-state index in [4.69, 9.17) is 4.74 Å². The number of hydrogen-bond donors (Lipinski definition) is 0. The minimum absolute atomic E-state index is 0.222. The lowest BCUT2D eigenvalue weighted by atomic mass is 10.1. The van der Waals surface area contributed by atoms with E-state index in [0.29, 0.717) is 6.61 Å². The third-order valence-corrected chi connectivity index (χ3v) is 7.39. The standard InChI is InChI=1S/C32H34FN5O/c1-35-13-14-39-30-8-4-7-27(17-30)32-18-28-16-29(33)9-10-31(28)38(32)12-11-37(23-26-19-34-36(2)21-26)22-25-6-3-5-24(15-25)20-35/h3-10,15-19,21H,11-14,20,22-23H2,1-2H3. The molecule has 5 aromatic rings. The third-order valence-electron chi connectivity index (χ3n) is 7.39. The number of aromatic nitrogens is 3. The van der Waals surface area contributed by atoms with Gasteiger partial charge in [0, 0.05) is 80.2 Å². The van der Waals surface area contributed by atoms with Crippen LogP contribution in [-0.2, 0) is 33.2 Å². The molecule has 1 aliphatic rings. The van der Waals surface area contributed by atoms with Gasteiger partial charge in [-0.3, -0.25) is 14.5 Å². The smallest absolute Gasteiger partial charge is 0.123 e. The van der Waals surface area contributed by atoms with Crippen LogP contribution in [0.5, 0.6) is 5.75 Å². The highest BCUT2D eigenvalue weighted by molar-refractivity contribution is 5.87. The average molecular weight is 524 g/mol. The molecule has 0 unspecified atom stereocenters. The fraction of sp³-hybridized carbons (Fsp3) is 0.281. The van der Waals surface area contributed by atoms with Gasteiger partial charge in [-0.2, -0.15) is 5.10 Å². The van der Waals surface area contributed by atoms with Crippen LogP contribution in [0.15, 0.2) is 85.2 Å². The number of likely N-dealkylation sites (N-methyl/N-ethyl adjacent to an activating group) is 1. The monoisotopic (exact) mass is 523 g/mol. The van der Waals surface area contributed by atoms with Crippen molar-refractivity contribution >= 4 is 10.9 Å². The van der Waals surface area contributed by atoms with Crippen molar-refractivity contribution in [3.8, 4) is 17.0 Å². The van der Waals surface area contributed by atoms with E-state index in [-0.39, 0.29) is 5.82 Å². The second-order valence-electron chi connectivity index (χ2n) is 10.6. The molecule has 2 aromatic heterocycles. The summed E-state index contributed by atoms with van der Waals surface area (Å²) in [5.74, 6) is 0.619. The van der Waals surface area contributed by atoms with Gasteiger partial charge in [0.1, 0.15) is 18.2 Å². The zero-order valence-electron chi connectivity index (χ0n) is 22.6. The van der Waals surface area contributed by atoms with Crippen molar-refractivity contribution in [2.75, 3.05) is 26.7 Å². The van der Waals surface area contributed by atoms with Gasteiger partial charge in [-0.05, 0) is 54.6 Å². The number of halogens is 1. The van der Waals surface area contributed by atoms with Crippen LogP contribution in [0, 0.1) is 5.82 Å². The molecular weight excluding hydrogens is 489 g/mol. The molecule has 200 valence electrons. The molecule has 1 aliphatic heterocycles. The maximum Gasteiger partial charge on any atom is 0.123 e. The first-order chi connectivity index (χ1) is 19.0. The predicted octanol–water partition coefficient (Wildman–Crippen LogP) is 5.71. The average Bonchev–Trinajstić information content (AvgIpc) is 3.49. The summed E-state index contributed by atoms with van der Waals surface area (Å²) in [6.07, 6.45) is 4.03. The second-order valence-corrected chi connectivity index (χ2v) is 10.6. The number of ether oxygens (including phenoxy) is 1. The van der Waals surface area contributed by atoms with Crippen LogP contribution >= 0.6 is 0 Å². The van der Waals surface area contributed by atoms with Crippen LogP contribution in [0.3, 0.4) is 0 Å². The molecule has 0 spiro atoms. The number of nitrogens with zero attached hydrogens (tertiary/aromatic N) is 5. The molecule has 6 rings (SSSR count). The second kappa shape index (κ2) is 11.0. The largest absolute Gasteiger partial charge is 0.492 e. The normalized spacial score (nSPS) is 15.6. The molecule has 0 aliphatic carbocycles. The van der Waals surface area contributed by atoms with Crippen molar-refractivity contribution in [3.63, 3.8) is 0 Å². The Kier molecular flexibility index (Phi) is 7.18. The van der Waals surface area contributed by atoms with Crippen LogP contribution < -0.4 is 4.74 Å². The summed E-state index contributed by atoms with van der Waals surface area (Å²) in [6, 6.07) is 24.3. The molecule has 3 aromatic carbocycles. The van der Waals surface area contributed by atoms with Crippen LogP contribution in [0.1, 0.15) is 16.7 Å². The van der Waals surface area contributed by atoms with E-state index in [2.05, 4.69) is 75.2 Å².